The third-order valence-electron chi connectivity index (χ3n) is 3.19. The van der Waals surface area contributed by atoms with E-state index >= 15 is 0 Å². The molecule has 6 nitrogen and oxygen atoms in total. The number of nitrogen functional groups attached to an aromatic ring is 1. The smallest absolute Gasteiger partial charge is 0.257 e. The molecule has 1 amide bonds. The molecule has 0 radical (unpaired) electrons. The summed E-state index contributed by atoms with van der Waals surface area (Å²) in [5, 5.41) is 0. The van der Waals surface area contributed by atoms with Crippen LogP contribution in [-0.2, 0) is 4.74 Å². The zero-order valence-electron chi connectivity index (χ0n) is 11.4. The first kappa shape index (κ1) is 15.2. The number of hydrogen-bond donors (Lipinski definition) is 2. The van der Waals surface area contributed by atoms with Gasteiger partial charge in [0.2, 0.25) is 0 Å². The van der Waals surface area contributed by atoms with Crippen LogP contribution in [0.5, 0.6) is 0 Å². The summed E-state index contributed by atoms with van der Waals surface area (Å²) >= 11 is 3.30. The molecule has 0 unspecified atom stereocenters. The van der Waals surface area contributed by atoms with Crippen molar-refractivity contribution in [1.82, 2.24) is 9.88 Å². The SMILES string of the molecule is CN(CCOCC1CC1)C(=O)c1cc(Br)cnc1NN. The van der Waals surface area contributed by atoms with Gasteiger partial charge in [-0.15, -0.1) is 0 Å². The van der Waals surface area contributed by atoms with Gasteiger partial charge in [-0.05, 0) is 40.8 Å². The van der Waals surface area contributed by atoms with Gasteiger partial charge in [-0.1, -0.05) is 0 Å². The Bertz CT molecular complexity index is 479. The van der Waals surface area contributed by atoms with Gasteiger partial charge >= 0.3 is 0 Å². The fourth-order valence-electron chi connectivity index (χ4n) is 1.76. The quantitative estimate of drug-likeness (QED) is 0.447. The van der Waals surface area contributed by atoms with Crippen LogP contribution >= 0.6 is 15.9 Å². The van der Waals surface area contributed by atoms with E-state index in [2.05, 4.69) is 26.3 Å². The number of amides is 1. The van der Waals surface area contributed by atoms with Crippen molar-refractivity contribution in [2.24, 2.45) is 11.8 Å². The lowest BCUT2D eigenvalue weighted by Gasteiger charge is -2.18. The van der Waals surface area contributed by atoms with E-state index in [4.69, 9.17) is 10.6 Å². The lowest BCUT2D eigenvalue weighted by Crippen LogP contribution is -2.31. The molecular weight excluding hydrogens is 324 g/mol. The number of halogens is 1. The number of hydrogen-bond acceptors (Lipinski definition) is 5. The van der Waals surface area contributed by atoms with Crippen molar-refractivity contribution in [3.05, 3.63) is 22.3 Å². The van der Waals surface area contributed by atoms with Gasteiger partial charge in [-0.2, -0.15) is 0 Å². The molecule has 1 aromatic rings. The molecule has 0 spiro atoms. The van der Waals surface area contributed by atoms with Gasteiger partial charge in [0.25, 0.3) is 5.91 Å². The number of rotatable bonds is 7. The van der Waals surface area contributed by atoms with Gasteiger partial charge in [-0.3, -0.25) is 4.79 Å². The highest BCUT2D eigenvalue weighted by atomic mass is 79.9. The molecule has 1 heterocycles. The highest BCUT2D eigenvalue weighted by Gasteiger charge is 2.21. The lowest BCUT2D eigenvalue weighted by molar-refractivity contribution is 0.0681. The third kappa shape index (κ3) is 4.16. The average molecular weight is 343 g/mol. The molecule has 1 saturated carbocycles. The fraction of sp³-hybridized carbons (Fsp3) is 0.538. The van der Waals surface area contributed by atoms with Gasteiger partial charge in [0.1, 0.15) is 0 Å². The number of carbonyl (C=O) groups excluding carboxylic acids is 1. The zero-order valence-corrected chi connectivity index (χ0v) is 13.0. The van der Waals surface area contributed by atoms with Crippen LogP contribution in [0.15, 0.2) is 16.7 Å². The minimum atomic E-state index is -0.137. The standard InChI is InChI=1S/C13H19BrN4O2/c1-18(4-5-20-8-9-2-3-9)13(19)11-6-10(14)7-16-12(11)17-15/h6-7,9H,2-5,8,15H2,1H3,(H,16,17). The summed E-state index contributed by atoms with van der Waals surface area (Å²) in [7, 11) is 1.74. The van der Waals surface area contributed by atoms with Crippen LogP contribution in [-0.4, -0.2) is 42.6 Å². The maximum atomic E-state index is 12.3. The Hall–Kier alpha value is -1.18. The molecule has 1 aliphatic rings. The Kier molecular flexibility index (Phi) is 5.33. The molecular formula is C13H19BrN4O2. The number of aromatic nitrogens is 1. The summed E-state index contributed by atoms with van der Waals surface area (Å²) < 4.78 is 6.27. The monoisotopic (exact) mass is 342 g/mol. The van der Waals surface area contributed by atoms with Gasteiger partial charge in [0.05, 0.1) is 12.2 Å². The molecule has 1 aliphatic carbocycles. The minimum absolute atomic E-state index is 0.137. The van der Waals surface area contributed by atoms with Crippen LogP contribution in [0.1, 0.15) is 23.2 Å². The average Bonchev–Trinajstić information content (AvgIpc) is 3.26. The topological polar surface area (TPSA) is 80.5 Å². The highest BCUT2D eigenvalue weighted by molar-refractivity contribution is 9.10. The van der Waals surface area contributed by atoms with E-state index in [9.17, 15) is 4.79 Å². The van der Waals surface area contributed by atoms with Gasteiger partial charge < -0.3 is 15.1 Å². The fourth-order valence-corrected chi connectivity index (χ4v) is 2.09. The van der Waals surface area contributed by atoms with Crippen molar-refractivity contribution >= 4 is 27.7 Å². The summed E-state index contributed by atoms with van der Waals surface area (Å²) in [4.78, 5) is 18.0. The van der Waals surface area contributed by atoms with Crippen molar-refractivity contribution < 1.29 is 9.53 Å². The second kappa shape index (κ2) is 7.01. The summed E-state index contributed by atoms with van der Waals surface area (Å²) in [5.41, 5.74) is 2.87. The maximum Gasteiger partial charge on any atom is 0.257 e. The van der Waals surface area contributed by atoms with Crippen molar-refractivity contribution in [3.8, 4) is 0 Å². The number of hydrazine groups is 1. The number of nitrogens with zero attached hydrogens (tertiary/aromatic N) is 2. The lowest BCUT2D eigenvalue weighted by atomic mass is 10.2. The predicted octanol–water partition coefficient (Wildman–Crippen LogP) is 1.63. The number of pyridine rings is 1. The van der Waals surface area contributed by atoms with Gasteiger partial charge in [-0.25, -0.2) is 10.8 Å². The summed E-state index contributed by atoms with van der Waals surface area (Å²) in [6, 6.07) is 1.70. The Morgan fingerprint density at radius 1 is 1.65 bits per heavy atom. The second-order valence-electron chi connectivity index (χ2n) is 4.94. The number of ether oxygens (including phenoxy) is 1. The van der Waals surface area contributed by atoms with Crippen LogP contribution < -0.4 is 11.3 Å². The molecule has 1 fully saturated rings. The number of anilines is 1. The summed E-state index contributed by atoms with van der Waals surface area (Å²) in [6.45, 7) is 1.89. The zero-order chi connectivity index (χ0) is 14.5. The van der Waals surface area contributed by atoms with E-state index in [1.54, 1.807) is 24.2 Å². The Labute approximate surface area is 126 Å². The van der Waals surface area contributed by atoms with Crippen molar-refractivity contribution in [1.29, 1.82) is 0 Å². The molecule has 20 heavy (non-hydrogen) atoms. The van der Waals surface area contributed by atoms with Gasteiger partial charge in [0.15, 0.2) is 5.82 Å². The molecule has 0 aromatic carbocycles. The second-order valence-corrected chi connectivity index (χ2v) is 5.85. The van der Waals surface area contributed by atoms with Crippen LogP contribution in [0.3, 0.4) is 0 Å². The maximum absolute atomic E-state index is 12.3. The summed E-state index contributed by atoms with van der Waals surface area (Å²) in [6.07, 6.45) is 4.12. The number of nitrogens with two attached hydrogens (primary N) is 1. The summed E-state index contributed by atoms with van der Waals surface area (Å²) in [5.74, 6) is 6.34. The molecule has 0 saturated heterocycles. The first-order valence-electron chi connectivity index (χ1n) is 6.57. The largest absolute Gasteiger partial charge is 0.379 e. The van der Waals surface area contributed by atoms with E-state index in [0.29, 0.717) is 24.5 Å². The van der Waals surface area contributed by atoms with Crippen molar-refractivity contribution in [2.45, 2.75) is 12.8 Å². The molecule has 0 bridgehead atoms. The van der Waals surface area contributed by atoms with Crippen LogP contribution in [0.4, 0.5) is 5.82 Å². The Morgan fingerprint density at radius 3 is 3.05 bits per heavy atom. The first-order chi connectivity index (χ1) is 9.61. The molecule has 0 atom stereocenters. The first-order valence-corrected chi connectivity index (χ1v) is 7.36. The van der Waals surface area contributed by atoms with Crippen molar-refractivity contribution in [2.75, 3.05) is 32.2 Å². The predicted molar refractivity (Wildman–Crippen MR) is 80.3 cm³/mol. The van der Waals surface area contributed by atoms with Crippen LogP contribution in [0, 0.1) is 5.92 Å². The third-order valence-corrected chi connectivity index (χ3v) is 3.62. The molecule has 1 aromatic heterocycles. The Morgan fingerprint density at radius 2 is 2.40 bits per heavy atom. The molecule has 7 heteroatoms. The normalized spacial score (nSPS) is 14.2. The molecule has 0 aliphatic heterocycles. The van der Waals surface area contributed by atoms with Crippen LogP contribution in [0.2, 0.25) is 0 Å². The van der Waals surface area contributed by atoms with E-state index in [1.807, 2.05) is 0 Å². The number of nitrogens with one attached hydrogen (secondary N) is 1. The number of carbonyl (C=O) groups is 1. The molecule has 110 valence electrons. The van der Waals surface area contributed by atoms with E-state index in [-0.39, 0.29) is 5.91 Å². The van der Waals surface area contributed by atoms with E-state index in [0.717, 1.165) is 17.0 Å². The molecule has 2 rings (SSSR count). The minimum Gasteiger partial charge on any atom is -0.379 e. The Balaban J connectivity index is 1.89. The van der Waals surface area contributed by atoms with E-state index < -0.39 is 0 Å². The highest BCUT2D eigenvalue weighted by Crippen LogP contribution is 2.28. The molecule has 3 N–H and O–H groups in total. The van der Waals surface area contributed by atoms with Gasteiger partial charge in [0, 0.05) is 30.9 Å². The van der Waals surface area contributed by atoms with Crippen molar-refractivity contribution in [3.63, 3.8) is 0 Å². The van der Waals surface area contributed by atoms with Crippen LogP contribution in [0.25, 0.3) is 0 Å². The van der Waals surface area contributed by atoms with E-state index in [1.165, 1.54) is 12.8 Å². The number of likely N-dealkylation sites (N-methyl/N-ethyl adjacent to an activating group) is 1.